The lowest BCUT2D eigenvalue weighted by Crippen LogP contribution is -2.51. The quantitative estimate of drug-likeness (QED) is 0.0576. The summed E-state index contributed by atoms with van der Waals surface area (Å²) in [7, 11) is -3.67. The number of amides is 4. The van der Waals surface area contributed by atoms with Gasteiger partial charge in [0.05, 0.1) is 16.7 Å². The van der Waals surface area contributed by atoms with E-state index < -0.39 is 38.9 Å². The van der Waals surface area contributed by atoms with E-state index in [1.807, 2.05) is 25.1 Å². The summed E-state index contributed by atoms with van der Waals surface area (Å²) in [6.07, 6.45) is 5.51. The molecular weight excluding hydrogens is 719 g/mol. The molecule has 0 fully saturated rings. The Morgan fingerprint density at radius 1 is 0.722 bits per heavy atom. The average molecular weight is 754 g/mol. The number of carbonyl (C=O) groups excluding carboxylic acids is 4. The van der Waals surface area contributed by atoms with Crippen molar-refractivity contribution in [3.8, 4) is 11.1 Å². The summed E-state index contributed by atoms with van der Waals surface area (Å²) in [6, 6.07) is 15.7. The zero-order valence-electron chi connectivity index (χ0n) is 29.3. The van der Waals surface area contributed by atoms with E-state index in [0.717, 1.165) is 21.4 Å². The number of rotatable bonds is 11. The average Bonchev–Trinajstić information content (AvgIpc) is 3.13. The molecule has 2 aliphatic rings. The van der Waals surface area contributed by atoms with Gasteiger partial charge in [-0.05, 0) is 54.4 Å². The van der Waals surface area contributed by atoms with Crippen molar-refractivity contribution in [3.05, 3.63) is 112 Å². The van der Waals surface area contributed by atoms with Crippen LogP contribution in [0.4, 0.5) is 5.69 Å². The number of non-ortho nitro benzene ring substituents is 1. The van der Waals surface area contributed by atoms with E-state index in [1.165, 1.54) is 23.4 Å². The monoisotopic (exact) mass is 753 g/mol. The minimum absolute atomic E-state index is 0.132. The van der Waals surface area contributed by atoms with Crippen molar-refractivity contribution in [1.29, 1.82) is 0 Å². The summed E-state index contributed by atoms with van der Waals surface area (Å²) in [6.45, 7) is 5.13. The Morgan fingerprint density at radius 2 is 1.17 bits per heavy atom. The molecule has 4 aromatic carbocycles. The van der Waals surface area contributed by atoms with Crippen LogP contribution in [0.2, 0.25) is 0 Å². The topological polar surface area (TPSA) is 222 Å². The van der Waals surface area contributed by atoms with E-state index in [9.17, 15) is 37.7 Å². The summed E-state index contributed by atoms with van der Waals surface area (Å²) >= 11 is 0. The Morgan fingerprint density at radius 3 is 1.65 bits per heavy atom. The molecule has 3 N–H and O–H groups in total. The van der Waals surface area contributed by atoms with Crippen LogP contribution in [0, 0.1) is 10.1 Å². The third-order valence-corrected chi connectivity index (χ3v) is 9.08. The first-order chi connectivity index (χ1) is 25.7. The van der Waals surface area contributed by atoms with E-state index >= 15 is 0 Å². The van der Waals surface area contributed by atoms with Crippen LogP contribution in [0.1, 0.15) is 55.3 Å². The number of hydrogen-bond donors (Lipinski definition) is 3. The Bertz CT molecular complexity index is 2450. The molecule has 1 aromatic heterocycles. The van der Waals surface area contributed by atoms with E-state index in [1.54, 1.807) is 49.6 Å². The lowest BCUT2D eigenvalue weighted by molar-refractivity contribution is -0.384. The van der Waals surface area contributed by atoms with E-state index in [4.69, 9.17) is 4.55 Å². The highest BCUT2D eigenvalue weighted by Gasteiger charge is 2.38. The van der Waals surface area contributed by atoms with Gasteiger partial charge in [0.15, 0.2) is 0 Å². The molecule has 5 aromatic rings. The Hall–Kier alpha value is -6.01. The van der Waals surface area contributed by atoms with Crippen LogP contribution in [0.25, 0.3) is 32.7 Å². The van der Waals surface area contributed by atoms with Crippen molar-refractivity contribution in [1.82, 2.24) is 30.4 Å². The third-order valence-electron chi connectivity index (χ3n) is 9.08. The van der Waals surface area contributed by atoms with Crippen LogP contribution in [0.3, 0.4) is 0 Å². The van der Waals surface area contributed by atoms with Gasteiger partial charge in [0.1, 0.15) is 6.33 Å². The van der Waals surface area contributed by atoms with Gasteiger partial charge >= 0.3 is 0 Å². The fraction of sp³-hybridized carbons (Fsp3) is 0.243. The number of nitrogens with one attached hydrogen (secondary N) is 2. The van der Waals surface area contributed by atoms with Crippen LogP contribution >= 0.6 is 0 Å². The van der Waals surface area contributed by atoms with Crippen LogP contribution in [-0.2, 0) is 10.1 Å². The minimum atomic E-state index is -3.67. The maximum absolute atomic E-state index is 13.8. The number of benzene rings is 4. The fourth-order valence-corrected chi connectivity index (χ4v) is 6.74. The number of nitro benzene ring substituents is 1. The van der Waals surface area contributed by atoms with E-state index in [-0.39, 0.29) is 29.6 Å². The summed E-state index contributed by atoms with van der Waals surface area (Å²) in [5.74, 6) is -1.74. The maximum Gasteiger partial charge on any atom is 0.270 e. The molecule has 278 valence electrons. The van der Waals surface area contributed by atoms with E-state index in [0.29, 0.717) is 58.7 Å². The summed E-state index contributed by atoms with van der Waals surface area (Å²) in [4.78, 5) is 75.7. The zero-order chi connectivity index (χ0) is 38.9. The summed E-state index contributed by atoms with van der Waals surface area (Å²) in [5.41, 5.74) is 2.71. The summed E-state index contributed by atoms with van der Waals surface area (Å²) in [5, 5.41) is 20.4. The third kappa shape index (κ3) is 7.56. The number of carbonyl (C=O) groups is 4. The number of nitro groups is 1. The minimum Gasteiger partial charge on any atom is -0.313 e. The first-order valence-electron chi connectivity index (χ1n) is 16.8. The highest BCUT2D eigenvalue weighted by molar-refractivity contribution is 7.85. The molecular formula is C37H35N7O9S. The molecule has 0 radical (unpaired) electrons. The second-order valence-electron chi connectivity index (χ2n) is 13.0. The van der Waals surface area contributed by atoms with Gasteiger partial charge in [0.2, 0.25) is 0 Å². The molecule has 2 aliphatic heterocycles. The molecule has 0 saturated heterocycles. The molecule has 0 bridgehead atoms. The molecule has 0 spiro atoms. The summed E-state index contributed by atoms with van der Waals surface area (Å²) < 4.78 is 25.9. The van der Waals surface area contributed by atoms with Gasteiger partial charge in [-0.15, -0.1) is 0 Å². The Balaban J connectivity index is 0.000000934. The van der Waals surface area contributed by atoms with Crippen LogP contribution < -0.4 is 10.6 Å². The van der Waals surface area contributed by atoms with Crippen molar-refractivity contribution in [2.75, 3.05) is 32.4 Å². The normalized spacial score (nSPS) is 15.0. The molecule has 0 aliphatic carbocycles. The standard InChI is InChI=1S/C36H31N7O6.CH4O3S/c1-20(41-33(44)27-7-3-5-22-11-24(25-17-39-19-40-18-25)13-29(31(22)27)35(41)46)15-37-9-10-38-16-21(2)42-34(45)28-8-4-6-23-12-26(43(48)49)14-30(32(23)28)36(42)47;1-5(2,3)4/h3-8,11-14,17-21,37-38H,9-10,15-16H2,1-2H3;1H3,(H,2,3,4). The van der Waals surface area contributed by atoms with Crippen molar-refractivity contribution in [2.24, 2.45) is 0 Å². The van der Waals surface area contributed by atoms with Crippen molar-refractivity contribution in [3.63, 3.8) is 0 Å². The first kappa shape index (κ1) is 37.7. The second kappa shape index (κ2) is 15.2. The number of hydrogen-bond acceptors (Lipinski definition) is 12. The van der Waals surface area contributed by atoms with Crippen molar-refractivity contribution < 1.29 is 37.1 Å². The highest BCUT2D eigenvalue weighted by Crippen LogP contribution is 2.36. The number of imide groups is 2. The van der Waals surface area contributed by atoms with Crippen molar-refractivity contribution in [2.45, 2.75) is 25.9 Å². The molecule has 17 heteroatoms. The highest BCUT2D eigenvalue weighted by atomic mass is 32.2. The molecule has 2 atom stereocenters. The fourth-order valence-electron chi connectivity index (χ4n) is 6.74. The molecule has 4 amide bonds. The van der Waals surface area contributed by atoms with Gasteiger partial charge in [0, 0.05) is 95.8 Å². The van der Waals surface area contributed by atoms with Gasteiger partial charge in [-0.25, -0.2) is 9.97 Å². The van der Waals surface area contributed by atoms with Gasteiger partial charge < -0.3 is 10.6 Å². The smallest absolute Gasteiger partial charge is 0.270 e. The predicted molar refractivity (Wildman–Crippen MR) is 199 cm³/mol. The SMILES string of the molecule is CC(CNCCNCC(C)N1C(=O)c2cccc3cc([N+](=O)[O-])cc(c23)C1=O)N1C(=O)c2cccc3cc(-c4cncnc4)cc(c23)C1=O.CS(=O)(=O)O. The lowest BCUT2D eigenvalue weighted by atomic mass is 9.90. The van der Waals surface area contributed by atoms with Crippen LogP contribution in [0.15, 0.2) is 79.4 Å². The van der Waals surface area contributed by atoms with E-state index in [2.05, 4.69) is 20.6 Å². The first-order valence-corrected chi connectivity index (χ1v) is 18.6. The number of nitrogens with zero attached hydrogens (tertiary/aromatic N) is 5. The molecule has 2 unspecified atom stereocenters. The van der Waals surface area contributed by atoms with Crippen LogP contribution in [0.5, 0.6) is 0 Å². The number of aromatic nitrogens is 2. The predicted octanol–water partition coefficient (Wildman–Crippen LogP) is 3.71. The zero-order valence-corrected chi connectivity index (χ0v) is 30.2. The molecule has 54 heavy (non-hydrogen) atoms. The maximum atomic E-state index is 13.8. The molecule has 16 nitrogen and oxygen atoms in total. The van der Waals surface area contributed by atoms with Gasteiger partial charge in [0.25, 0.3) is 39.4 Å². The molecule has 0 saturated carbocycles. The van der Waals surface area contributed by atoms with Gasteiger partial charge in [-0.3, -0.25) is 43.6 Å². The lowest BCUT2D eigenvalue weighted by Gasteiger charge is -2.32. The van der Waals surface area contributed by atoms with Crippen molar-refractivity contribution >= 4 is 61.0 Å². The Kier molecular flexibility index (Phi) is 10.6. The largest absolute Gasteiger partial charge is 0.313 e. The Labute approximate surface area is 309 Å². The van der Waals surface area contributed by atoms with Gasteiger partial charge in [-0.1, -0.05) is 24.3 Å². The molecule has 3 heterocycles. The molecule has 7 rings (SSSR count). The second-order valence-corrected chi connectivity index (χ2v) is 14.5. The van der Waals surface area contributed by atoms with Crippen LogP contribution in [-0.4, -0.2) is 106 Å². The van der Waals surface area contributed by atoms with Gasteiger partial charge in [-0.2, -0.15) is 8.42 Å².